The summed E-state index contributed by atoms with van der Waals surface area (Å²) in [6.07, 6.45) is 0. The predicted molar refractivity (Wildman–Crippen MR) is 121 cm³/mol. The Morgan fingerprint density at radius 2 is 1.75 bits per heavy atom. The van der Waals surface area contributed by atoms with Gasteiger partial charge < -0.3 is 4.42 Å². The predicted octanol–water partition coefficient (Wildman–Crippen LogP) is 7.12. The minimum Gasteiger partial charge on any atom is -0.455 e. The van der Waals surface area contributed by atoms with E-state index in [1.54, 1.807) is 22.7 Å². The lowest BCUT2D eigenvalue weighted by Gasteiger charge is -2.05. The van der Waals surface area contributed by atoms with E-state index in [9.17, 15) is 0 Å². The summed E-state index contributed by atoms with van der Waals surface area (Å²) in [6.45, 7) is -0.245. The maximum atomic E-state index is 8.13. The second-order valence-corrected chi connectivity index (χ2v) is 9.15. The molecule has 3 aromatic carbocycles. The van der Waals surface area contributed by atoms with E-state index >= 15 is 0 Å². The zero-order valence-electron chi connectivity index (χ0n) is 18.4. The third-order valence-electron chi connectivity index (χ3n) is 5.40. The molecule has 0 aliphatic carbocycles. The van der Waals surface area contributed by atoms with E-state index in [-0.39, 0.29) is 0 Å². The second kappa shape index (κ2) is 5.66. The molecule has 0 spiro atoms. The first-order chi connectivity index (χ1) is 14.8. The van der Waals surface area contributed by atoms with Crippen molar-refractivity contribution >= 4 is 64.2 Å². The SMILES string of the molecule is [2H]C([2H])([2H])c1cc(C)c(-c2sc3c4ccccc4sc3[n+]2C)c2oc3ccccc3c12. The first kappa shape index (κ1) is 13.5. The van der Waals surface area contributed by atoms with Gasteiger partial charge in [-0.3, -0.25) is 0 Å². The Balaban J connectivity index is 1.76. The number of rotatable bonds is 1. The molecule has 0 saturated carbocycles. The molecule has 0 radical (unpaired) electrons. The number of aromatic nitrogens is 1. The van der Waals surface area contributed by atoms with Gasteiger partial charge in [-0.2, -0.15) is 4.57 Å². The lowest BCUT2D eigenvalue weighted by molar-refractivity contribution is -0.627. The number of thiazole rings is 1. The minimum absolute atomic E-state index is 0.347. The molecule has 28 heavy (non-hydrogen) atoms. The Morgan fingerprint density at radius 1 is 0.964 bits per heavy atom. The van der Waals surface area contributed by atoms with Gasteiger partial charge in [-0.1, -0.05) is 65.1 Å². The van der Waals surface area contributed by atoms with Crippen molar-refractivity contribution in [1.82, 2.24) is 0 Å². The number of hydrogen-bond donors (Lipinski definition) is 0. The average Bonchev–Trinajstić information content (AvgIpc) is 3.38. The summed E-state index contributed by atoms with van der Waals surface area (Å²) in [5.41, 5.74) is 3.59. The van der Waals surface area contributed by atoms with Crippen molar-refractivity contribution in [2.24, 2.45) is 7.05 Å². The van der Waals surface area contributed by atoms with Gasteiger partial charge in [0, 0.05) is 25.0 Å². The fourth-order valence-corrected chi connectivity index (χ4v) is 6.83. The largest absolute Gasteiger partial charge is 0.455 e. The summed E-state index contributed by atoms with van der Waals surface area (Å²) < 4.78 is 35.4. The van der Waals surface area contributed by atoms with Crippen LogP contribution in [0.4, 0.5) is 0 Å². The summed E-state index contributed by atoms with van der Waals surface area (Å²) >= 11 is 3.52. The summed E-state index contributed by atoms with van der Waals surface area (Å²) in [6, 6.07) is 18.0. The number of thiophene rings is 1. The molecule has 0 atom stereocenters. The highest BCUT2D eigenvalue weighted by Gasteiger charge is 2.28. The highest BCUT2D eigenvalue weighted by Crippen LogP contribution is 2.44. The lowest BCUT2D eigenvalue weighted by atomic mass is 9.99. The van der Waals surface area contributed by atoms with Gasteiger partial charge in [0.15, 0.2) is 5.58 Å². The van der Waals surface area contributed by atoms with Crippen LogP contribution in [-0.2, 0) is 7.05 Å². The highest BCUT2D eigenvalue weighted by molar-refractivity contribution is 7.32. The smallest absolute Gasteiger partial charge is 0.281 e. The number of fused-ring (bicyclic) bond motifs is 6. The summed E-state index contributed by atoms with van der Waals surface area (Å²) in [4.78, 5) is 1.21. The van der Waals surface area contributed by atoms with Gasteiger partial charge >= 0.3 is 0 Å². The van der Waals surface area contributed by atoms with Gasteiger partial charge in [0.2, 0.25) is 0 Å². The van der Waals surface area contributed by atoms with Crippen LogP contribution in [0.15, 0.2) is 59.0 Å². The molecule has 0 aliphatic heterocycles. The molecule has 0 saturated heterocycles. The van der Waals surface area contributed by atoms with Crippen molar-refractivity contribution < 1.29 is 13.1 Å². The first-order valence-electron chi connectivity index (χ1n) is 10.6. The molecule has 6 rings (SSSR count). The minimum atomic E-state index is -2.22. The van der Waals surface area contributed by atoms with Crippen LogP contribution in [0.5, 0.6) is 0 Å². The fraction of sp³-hybridized carbons (Fsp3) is 0.125. The third-order valence-corrected chi connectivity index (χ3v) is 8.07. The van der Waals surface area contributed by atoms with Gasteiger partial charge in [-0.15, -0.1) is 0 Å². The number of nitrogens with zero attached hydrogens (tertiary/aromatic N) is 1. The number of furan rings is 1. The fourth-order valence-electron chi connectivity index (χ4n) is 4.10. The Kier molecular flexibility index (Phi) is 2.72. The Labute approximate surface area is 174 Å². The van der Waals surface area contributed by atoms with Crippen molar-refractivity contribution in [3.8, 4) is 10.6 Å². The molecule has 2 nitrogen and oxygen atoms in total. The van der Waals surface area contributed by atoms with Crippen molar-refractivity contribution in [3.05, 3.63) is 65.7 Å². The van der Waals surface area contributed by atoms with Crippen molar-refractivity contribution in [3.63, 3.8) is 0 Å². The van der Waals surface area contributed by atoms with E-state index in [4.69, 9.17) is 8.53 Å². The van der Waals surface area contributed by atoms with E-state index < -0.39 is 6.85 Å². The Morgan fingerprint density at radius 3 is 2.61 bits per heavy atom. The molecule has 0 fully saturated rings. The molecular weight excluding hydrogens is 382 g/mol. The van der Waals surface area contributed by atoms with Crippen LogP contribution in [0.25, 0.3) is 52.1 Å². The maximum Gasteiger partial charge on any atom is 0.281 e. The van der Waals surface area contributed by atoms with Gasteiger partial charge in [0.25, 0.3) is 9.84 Å². The number of para-hydroxylation sites is 1. The van der Waals surface area contributed by atoms with E-state index in [2.05, 4.69) is 35.9 Å². The third kappa shape index (κ3) is 2.05. The van der Waals surface area contributed by atoms with Crippen LogP contribution >= 0.6 is 22.7 Å². The second-order valence-electron chi connectivity index (χ2n) is 7.12. The van der Waals surface area contributed by atoms with Gasteiger partial charge in [0.05, 0.1) is 0 Å². The van der Waals surface area contributed by atoms with Crippen molar-refractivity contribution in [2.45, 2.75) is 13.8 Å². The average molecular weight is 404 g/mol. The molecule has 136 valence electrons. The number of hydrogen-bond acceptors (Lipinski definition) is 3. The van der Waals surface area contributed by atoms with E-state index in [0.29, 0.717) is 22.1 Å². The standard InChI is InChI=1S/C24H18NOS2/c1-13-12-14(2)20(21-19(13)15-8-4-6-10-17(15)26-21)23-25(3)24-22(28-23)16-9-5-7-11-18(16)27-24/h4-12H,1-3H3/q+1/i1D3. The van der Waals surface area contributed by atoms with E-state index in [0.717, 1.165) is 21.5 Å². The Hall–Kier alpha value is -2.69. The molecule has 6 aromatic rings. The molecule has 3 aromatic heterocycles. The lowest BCUT2D eigenvalue weighted by Crippen LogP contribution is -2.27. The highest BCUT2D eigenvalue weighted by atomic mass is 32.1. The normalized spacial score (nSPS) is 14.1. The van der Waals surface area contributed by atoms with Crippen molar-refractivity contribution in [1.29, 1.82) is 0 Å². The van der Waals surface area contributed by atoms with Crippen LogP contribution < -0.4 is 4.57 Å². The van der Waals surface area contributed by atoms with Gasteiger partial charge in [0.1, 0.15) is 22.9 Å². The van der Waals surface area contributed by atoms with Crippen molar-refractivity contribution in [2.75, 3.05) is 0 Å². The monoisotopic (exact) mass is 403 g/mol. The van der Waals surface area contributed by atoms with E-state index in [1.807, 2.05) is 37.3 Å². The molecule has 0 unspecified atom stereocenters. The van der Waals surface area contributed by atoms with Gasteiger partial charge in [-0.25, -0.2) is 0 Å². The summed E-state index contributed by atoms with van der Waals surface area (Å²) in [5.74, 6) is 0. The summed E-state index contributed by atoms with van der Waals surface area (Å²) in [5, 5.41) is 3.87. The first-order valence-corrected chi connectivity index (χ1v) is 10.7. The molecule has 0 amide bonds. The number of aryl methyl sites for hydroxylation is 3. The molecule has 3 heterocycles. The van der Waals surface area contributed by atoms with Crippen LogP contribution in [0, 0.1) is 13.8 Å². The molecule has 0 aliphatic rings. The van der Waals surface area contributed by atoms with E-state index in [1.165, 1.54) is 19.6 Å². The molecule has 0 N–H and O–H groups in total. The molecular formula is C24H18NOS2+. The van der Waals surface area contributed by atoms with Gasteiger partial charge in [-0.05, 0) is 37.0 Å². The topological polar surface area (TPSA) is 17.0 Å². The zero-order valence-corrected chi connectivity index (χ0v) is 17.0. The molecule has 4 heteroatoms. The zero-order chi connectivity index (χ0) is 21.5. The maximum absolute atomic E-state index is 8.13. The molecule has 0 bridgehead atoms. The quantitative estimate of drug-likeness (QED) is 0.267. The van der Waals surface area contributed by atoms with Crippen LogP contribution in [0.3, 0.4) is 0 Å². The number of benzene rings is 3. The Bertz CT molecular complexity index is 1650. The summed E-state index contributed by atoms with van der Waals surface area (Å²) in [7, 11) is 2.08. The van der Waals surface area contributed by atoms with Crippen LogP contribution in [0.2, 0.25) is 0 Å². The van der Waals surface area contributed by atoms with Crippen LogP contribution in [-0.4, -0.2) is 0 Å². The van der Waals surface area contributed by atoms with Crippen LogP contribution in [0.1, 0.15) is 15.2 Å².